The highest BCUT2D eigenvalue weighted by atomic mass is 32.2. The van der Waals surface area contributed by atoms with E-state index in [9.17, 15) is 18.0 Å². The normalized spacial score (nSPS) is 10.9. The summed E-state index contributed by atoms with van der Waals surface area (Å²) in [6.45, 7) is 1.81. The minimum absolute atomic E-state index is 0.168. The number of hydrogen-bond donors (Lipinski definition) is 2. The molecule has 9 heteroatoms. The number of nitriles is 1. The Kier molecular flexibility index (Phi) is 8.59. The average Bonchev–Trinajstić information content (AvgIpc) is 2.72. The summed E-state index contributed by atoms with van der Waals surface area (Å²) in [5, 5.41) is 14.5. The van der Waals surface area contributed by atoms with E-state index in [1.807, 2.05) is 30.3 Å². The van der Waals surface area contributed by atoms with Crippen LogP contribution in [0.2, 0.25) is 0 Å². The summed E-state index contributed by atoms with van der Waals surface area (Å²) in [5.41, 5.74) is 3.11. The van der Waals surface area contributed by atoms with Gasteiger partial charge in [-0.25, -0.2) is 4.79 Å². The van der Waals surface area contributed by atoms with Crippen molar-refractivity contribution in [3.05, 3.63) is 54.1 Å². The molecule has 2 rings (SSSR count). The van der Waals surface area contributed by atoms with Gasteiger partial charge in [0.15, 0.2) is 0 Å². The first-order valence-electron chi connectivity index (χ1n) is 9.13. The number of benzene rings is 2. The van der Waals surface area contributed by atoms with Crippen LogP contribution in [0.15, 0.2) is 48.5 Å². The van der Waals surface area contributed by atoms with Gasteiger partial charge in [-0.05, 0) is 42.2 Å². The van der Waals surface area contributed by atoms with Crippen molar-refractivity contribution >= 4 is 33.3 Å². The lowest BCUT2D eigenvalue weighted by Gasteiger charge is -2.12. The topological polar surface area (TPSA) is 125 Å². The monoisotopic (exact) mass is 427 g/mol. The minimum Gasteiger partial charge on any atom is -0.450 e. The fraction of sp³-hybridized carbons (Fsp3) is 0.238. The van der Waals surface area contributed by atoms with E-state index >= 15 is 0 Å². The molecule has 156 valence electrons. The molecule has 0 aliphatic carbocycles. The van der Waals surface area contributed by atoms with E-state index in [2.05, 4.69) is 10.6 Å². The zero-order chi connectivity index (χ0) is 21.9. The van der Waals surface area contributed by atoms with Crippen LogP contribution in [-0.2, 0) is 26.2 Å². The fourth-order valence-electron chi connectivity index (χ4n) is 2.76. The quantitative estimate of drug-likeness (QED) is 0.492. The molecule has 0 aliphatic rings. The van der Waals surface area contributed by atoms with Gasteiger partial charge in [-0.3, -0.25) is 10.1 Å². The Morgan fingerprint density at radius 1 is 1.17 bits per heavy atom. The molecule has 0 fully saturated rings. The van der Waals surface area contributed by atoms with Crippen LogP contribution in [0.3, 0.4) is 0 Å². The summed E-state index contributed by atoms with van der Waals surface area (Å²) in [5.74, 6) is -1.44. The SMILES string of the molecule is CCOC(=O)Nc1ccc(-c2cccc(CC(C=S(=O)=O)C(=O)NCC#N)c2)cc1. The van der Waals surface area contributed by atoms with Crippen molar-refractivity contribution in [3.63, 3.8) is 0 Å². The van der Waals surface area contributed by atoms with Crippen molar-refractivity contribution in [1.82, 2.24) is 5.32 Å². The third-order valence-corrected chi connectivity index (χ3v) is 4.63. The van der Waals surface area contributed by atoms with Crippen molar-refractivity contribution in [1.29, 1.82) is 5.26 Å². The Morgan fingerprint density at radius 3 is 2.53 bits per heavy atom. The minimum atomic E-state index is -2.51. The van der Waals surface area contributed by atoms with Gasteiger partial charge in [0.2, 0.25) is 16.2 Å². The lowest BCUT2D eigenvalue weighted by atomic mass is 9.96. The van der Waals surface area contributed by atoms with Gasteiger partial charge in [0.05, 0.1) is 18.6 Å². The number of amides is 2. The van der Waals surface area contributed by atoms with Gasteiger partial charge < -0.3 is 10.1 Å². The maximum absolute atomic E-state index is 12.2. The molecule has 2 amide bonds. The zero-order valence-corrected chi connectivity index (χ0v) is 17.1. The van der Waals surface area contributed by atoms with Crippen molar-refractivity contribution < 1.29 is 22.7 Å². The first-order valence-corrected chi connectivity index (χ1v) is 10.3. The number of anilines is 1. The molecule has 2 aromatic rings. The Balaban J connectivity index is 2.18. The molecule has 0 radical (unpaired) electrons. The fourth-order valence-corrected chi connectivity index (χ4v) is 3.25. The van der Waals surface area contributed by atoms with Crippen LogP contribution in [0.5, 0.6) is 0 Å². The third kappa shape index (κ3) is 7.07. The molecule has 2 N–H and O–H groups in total. The molecule has 0 bridgehead atoms. The van der Waals surface area contributed by atoms with Crippen LogP contribution in [0.1, 0.15) is 12.5 Å². The van der Waals surface area contributed by atoms with Gasteiger partial charge in [0, 0.05) is 11.1 Å². The summed E-state index contributed by atoms with van der Waals surface area (Å²) < 4.78 is 27.0. The lowest BCUT2D eigenvalue weighted by Crippen LogP contribution is -2.33. The molecule has 2 aromatic carbocycles. The van der Waals surface area contributed by atoms with Crippen LogP contribution in [-0.4, -0.2) is 38.9 Å². The van der Waals surface area contributed by atoms with Crippen molar-refractivity contribution in [2.24, 2.45) is 5.92 Å². The molecule has 0 aromatic heterocycles. The van der Waals surface area contributed by atoms with E-state index in [1.54, 1.807) is 31.2 Å². The maximum atomic E-state index is 12.2. The van der Waals surface area contributed by atoms with Crippen molar-refractivity contribution in [3.8, 4) is 17.2 Å². The van der Waals surface area contributed by atoms with E-state index < -0.39 is 28.2 Å². The molecular formula is C21H21N3O5S. The number of carbonyl (C=O) groups is 2. The van der Waals surface area contributed by atoms with E-state index in [0.717, 1.165) is 22.1 Å². The molecule has 0 spiro atoms. The van der Waals surface area contributed by atoms with Gasteiger partial charge >= 0.3 is 6.09 Å². The predicted octanol–water partition coefficient (Wildman–Crippen LogP) is 2.40. The summed E-state index contributed by atoms with van der Waals surface area (Å²) in [6, 6.07) is 16.3. The standard InChI is InChI=1S/C21H21N3O5S/c1-2-29-21(26)24-19-8-6-16(7-9-19)17-5-3-4-15(12-17)13-18(14-30(27)28)20(25)23-11-10-22/h3-9,12,14,18H,2,11,13H2,1H3,(H,23,25)(H,24,26). The highest BCUT2D eigenvalue weighted by molar-refractivity contribution is 7.71. The summed E-state index contributed by atoms with van der Waals surface area (Å²) in [4.78, 5) is 23.6. The second-order valence-electron chi connectivity index (χ2n) is 6.21. The third-order valence-electron chi connectivity index (χ3n) is 4.08. The lowest BCUT2D eigenvalue weighted by molar-refractivity contribution is -0.122. The molecule has 1 atom stereocenters. The first-order chi connectivity index (χ1) is 14.4. The molecular weight excluding hydrogens is 406 g/mol. The van der Waals surface area contributed by atoms with E-state index in [0.29, 0.717) is 5.69 Å². The zero-order valence-electron chi connectivity index (χ0n) is 16.3. The summed E-state index contributed by atoms with van der Waals surface area (Å²) in [6.07, 6.45) is -0.360. The molecule has 8 nitrogen and oxygen atoms in total. The highest BCUT2D eigenvalue weighted by Gasteiger charge is 2.17. The molecule has 0 saturated heterocycles. The van der Waals surface area contributed by atoms with E-state index in [1.165, 1.54) is 0 Å². The van der Waals surface area contributed by atoms with Crippen molar-refractivity contribution in [2.45, 2.75) is 13.3 Å². The Bertz CT molecular complexity index is 1060. The molecule has 0 aliphatic heterocycles. The van der Waals surface area contributed by atoms with Crippen molar-refractivity contribution in [2.75, 3.05) is 18.5 Å². The second-order valence-corrected chi connectivity index (χ2v) is 7.00. The predicted molar refractivity (Wildman–Crippen MR) is 113 cm³/mol. The van der Waals surface area contributed by atoms with E-state index in [4.69, 9.17) is 10.00 Å². The van der Waals surface area contributed by atoms with Gasteiger partial charge in [0.25, 0.3) is 0 Å². The number of nitrogens with zero attached hydrogens (tertiary/aromatic N) is 1. The number of carbonyl (C=O) groups excluding carboxylic acids is 2. The van der Waals surface area contributed by atoms with Crippen LogP contribution >= 0.6 is 0 Å². The Labute approximate surface area is 176 Å². The summed E-state index contributed by atoms with van der Waals surface area (Å²) >= 11 is 0. The Morgan fingerprint density at radius 2 is 1.90 bits per heavy atom. The van der Waals surface area contributed by atoms with Crippen LogP contribution in [0, 0.1) is 17.2 Å². The van der Waals surface area contributed by atoms with Gasteiger partial charge in [-0.15, -0.1) is 0 Å². The number of rotatable bonds is 8. The largest absolute Gasteiger partial charge is 0.450 e. The summed E-state index contributed by atoms with van der Waals surface area (Å²) in [7, 11) is -2.51. The molecule has 1 unspecified atom stereocenters. The average molecular weight is 427 g/mol. The number of ether oxygens (including phenoxy) is 1. The van der Waals surface area contributed by atoms with Crippen LogP contribution in [0.4, 0.5) is 10.5 Å². The van der Waals surface area contributed by atoms with E-state index in [-0.39, 0.29) is 19.6 Å². The Hall–Kier alpha value is -3.64. The number of hydrogen-bond acceptors (Lipinski definition) is 6. The molecule has 0 heterocycles. The van der Waals surface area contributed by atoms with Gasteiger partial charge in [-0.1, -0.05) is 36.4 Å². The van der Waals surface area contributed by atoms with Crippen LogP contribution < -0.4 is 10.6 Å². The first kappa shape index (κ1) is 22.6. The van der Waals surface area contributed by atoms with Crippen LogP contribution in [0.25, 0.3) is 11.1 Å². The second kappa shape index (κ2) is 11.4. The number of nitrogens with one attached hydrogen (secondary N) is 2. The highest BCUT2D eigenvalue weighted by Crippen LogP contribution is 2.23. The van der Waals surface area contributed by atoms with Gasteiger partial charge in [0.1, 0.15) is 6.54 Å². The van der Waals surface area contributed by atoms with Gasteiger partial charge in [-0.2, -0.15) is 13.7 Å². The molecule has 30 heavy (non-hydrogen) atoms. The smallest absolute Gasteiger partial charge is 0.411 e. The maximum Gasteiger partial charge on any atom is 0.411 e. The molecule has 0 saturated carbocycles.